The Bertz CT molecular complexity index is 506. The number of hydrogen-bond donors (Lipinski definition) is 1. The molecule has 4 nitrogen and oxygen atoms in total. The van der Waals surface area contributed by atoms with Crippen LogP contribution in [0.4, 0.5) is 5.69 Å². The van der Waals surface area contributed by atoms with Gasteiger partial charge in [0.05, 0.1) is 10.7 Å². The fraction of sp³-hybridized carbons (Fsp3) is 0.429. The Morgan fingerprint density at radius 2 is 2.00 bits per heavy atom. The lowest BCUT2D eigenvalue weighted by Crippen LogP contribution is -2.42. The molecule has 1 rings (SSSR count). The lowest BCUT2D eigenvalue weighted by molar-refractivity contribution is -0.134. The van der Waals surface area contributed by atoms with Crippen LogP contribution in [-0.2, 0) is 9.59 Å². The van der Waals surface area contributed by atoms with E-state index in [0.717, 1.165) is 6.42 Å². The lowest BCUT2D eigenvalue weighted by Gasteiger charge is -2.26. The van der Waals surface area contributed by atoms with Gasteiger partial charge in [-0.25, -0.2) is 0 Å². The Labute approximate surface area is 129 Å². The van der Waals surface area contributed by atoms with Crippen molar-refractivity contribution in [1.29, 1.82) is 0 Å². The molecule has 20 heavy (non-hydrogen) atoms. The monoisotopic (exact) mass is 316 g/mol. The summed E-state index contributed by atoms with van der Waals surface area (Å²) in [5.41, 5.74) is 0.480. The number of nitrogens with one attached hydrogen (secondary N) is 1. The molecule has 0 bridgehead atoms. The van der Waals surface area contributed by atoms with E-state index in [2.05, 4.69) is 5.32 Å². The maximum absolute atomic E-state index is 12.0. The maximum atomic E-state index is 12.0. The Balaban J connectivity index is 2.73. The number of benzene rings is 1. The van der Waals surface area contributed by atoms with E-state index < -0.39 is 0 Å². The van der Waals surface area contributed by atoms with Crippen LogP contribution < -0.4 is 5.32 Å². The maximum Gasteiger partial charge on any atom is 0.244 e. The highest BCUT2D eigenvalue weighted by Gasteiger charge is 2.19. The minimum Gasteiger partial charge on any atom is -0.331 e. The predicted molar refractivity (Wildman–Crippen MR) is 82.2 cm³/mol. The van der Waals surface area contributed by atoms with Gasteiger partial charge in [0.15, 0.2) is 0 Å². The molecule has 1 aromatic carbocycles. The molecule has 0 spiro atoms. The van der Waals surface area contributed by atoms with Crippen molar-refractivity contribution >= 4 is 40.7 Å². The molecular formula is C14H18Cl2N2O2. The van der Waals surface area contributed by atoms with Gasteiger partial charge < -0.3 is 10.2 Å². The van der Waals surface area contributed by atoms with Crippen LogP contribution in [0.3, 0.4) is 0 Å². The van der Waals surface area contributed by atoms with Crippen LogP contribution in [0.5, 0.6) is 0 Å². The second kappa shape index (κ2) is 7.50. The van der Waals surface area contributed by atoms with E-state index in [4.69, 9.17) is 23.2 Å². The van der Waals surface area contributed by atoms with Crippen LogP contribution in [0.1, 0.15) is 27.2 Å². The molecule has 1 aromatic rings. The Hall–Kier alpha value is -1.26. The van der Waals surface area contributed by atoms with E-state index in [-0.39, 0.29) is 24.4 Å². The number of carbonyl (C=O) groups is 2. The van der Waals surface area contributed by atoms with E-state index in [9.17, 15) is 9.59 Å². The topological polar surface area (TPSA) is 49.4 Å². The highest BCUT2D eigenvalue weighted by atomic mass is 35.5. The van der Waals surface area contributed by atoms with Crippen LogP contribution in [0.15, 0.2) is 18.2 Å². The first-order valence-corrected chi connectivity index (χ1v) is 7.12. The zero-order chi connectivity index (χ0) is 15.3. The lowest BCUT2D eigenvalue weighted by atomic mass is 10.2. The van der Waals surface area contributed by atoms with Crippen molar-refractivity contribution in [3.63, 3.8) is 0 Å². The Morgan fingerprint density at radius 3 is 2.50 bits per heavy atom. The van der Waals surface area contributed by atoms with Crippen LogP contribution in [-0.4, -0.2) is 29.3 Å². The van der Waals surface area contributed by atoms with Crippen molar-refractivity contribution in [3.8, 4) is 0 Å². The number of halogens is 2. The van der Waals surface area contributed by atoms with Gasteiger partial charge in [0.25, 0.3) is 0 Å². The molecule has 0 aliphatic carbocycles. The third kappa shape index (κ3) is 4.69. The zero-order valence-corrected chi connectivity index (χ0v) is 13.3. The SMILES string of the molecule is CCC(C)N(CC(=O)Nc1ccc(Cl)cc1Cl)C(C)=O. The normalized spacial score (nSPS) is 11.8. The molecule has 110 valence electrons. The molecule has 1 N–H and O–H groups in total. The largest absolute Gasteiger partial charge is 0.331 e. The standard InChI is InChI=1S/C14H18Cl2N2O2/c1-4-9(2)18(10(3)19)8-14(20)17-13-6-5-11(15)7-12(13)16/h5-7,9H,4,8H2,1-3H3,(H,17,20). The molecule has 0 heterocycles. The summed E-state index contributed by atoms with van der Waals surface area (Å²) in [6, 6.07) is 4.83. The average Bonchev–Trinajstić information content (AvgIpc) is 2.38. The number of amides is 2. The smallest absolute Gasteiger partial charge is 0.244 e. The van der Waals surface area contributed by atoms with Gasteiger partial charge in [-0.3, -0.25) is 9.59 Å². The number of rotatable bonds is 5. The van der Waals surface area contributed by atoms with Crippen LogP contribution in [0, 0.1) is 0 Å². The van der Waals surface area contributed by atoms with Crippen molar-refractivity contribution in [3.05, 3.63) is 28.2 Å². The van der Waals surface area contributed by atoms with E-state index in [1.807, 2.05) is 13.8 Å². The molecule has 2 amide bonds. The van der Waals surface area contributed by atoms with Crippen molar-refractivity contribution in [2.45, 2.75) is 33.2 Å². The van der Waals surface area contributed by atoms with Gasteiger partial charge in [-0.15, -0.1) is 0 Å². The van der Waals surface area contributed by atoms with Crippen molar-refractivity contribution < 1.29 is 9.59 Å². The summed E-state index contributed by atoms with van der Waals surface area (Å²) in [7, 11) is 0. The first-order chi connectivity index (χ1) is 9.35. The van der Waals surface area contributed by atoms with Crippen LogP contribution in [0.25, 0.3) is 0 Å². The number of nitrogens with zero attached hydrogens (tertiary/aromatic N) is 1. The molecule has 0 aliphatic heterocycles. The number of anilines is 1. The van der Waals surface area contributed by atoms with Crippen molar-refractivity contribution in [2.24, 2.45) is 0 Å². The predicted octanol–water partition coefficient (Wildman–Crippen LogP) is 3.58. The van der Waals surface area contributed by atoms with Gasteiger partial charge in [0.2, 0.25) is 11.8 Å². The summed E-state index contributed by atoms with van der Waals surface area (Å²) in [5, 5.41) is 3.54. The fourth-order valence-corrected chi connectivity index (χ4v) is 2.19. The van der Waals surface area contributed by atoms with Gasteiger partial charge in [0.1, 0.15) is 6.54 Å². The number of carbonyl (C=O) groups excluding carboxylic acids is 2. The minimum atomic E-state index is -0.287. The van der Waals surface area contributed by atoms with Gasteiger partial charge in [-0.1, -0.05) is 30.1 Å². The molecule has 0 saturated heterocycles. The Kier molecular flexibility index (Phi) is 6.30. The van der Waals surface area contributed by atoms with Gasteiger partial charge in [0, 0.05) is 18.0 Å². The third-order valence-electron chi connectivity index (χ3n) is 3.05. The summed E-state index contributed by atoms with van der Waals surface area (Å²) in [5.74, 6) is -0.415. The second-order valence-electron chi connectivity index (χ2n) is 4.58. The molecular weight excluding hydrogens is 299 g/mol. The quantitative estimate of drug-likeness (QED) is 0.902. The molecule has 0 aromatic heterocycles. The highest BCUT2D eigenvalue weighted by Crippen LogP contribution is 2.25. The average molecular weight is 317 g/mol. The van der Waals surface area contributed by atoms with E-state index in [1.54, 1.807) is 18.2 Å². The van der Waals surface area contributed by atoms with Crippen LogP contribution >= 0.6 is 23.2 Å². The van der Waals surface area contributed by atoms with Gasteiger partial charge >= 0.3 is 0 Å². The first kappa shape index (κ1) is 16.8. The van der Waals surface area contributed by atoms with Crippen molar-refractivity contribution in [1.82, 2.24) is 4.90 Å². The molecule has 0 saturated carbocycles. The van der Waals surface area contributed by atoms with Crippen LogP contribution in [0.2, 0.25) is 10.0 Å². The Morgan fingerprint density at radius 1 is 1.35 bits per heavy atom. The summed E-state index contributed by atoms with van der Waals surface area (Å²) in [6.45, 7) is 5.33. The first-order valence-electron chi connectivity index (χ1n) is 6.37. The molecule has 0 radical (unpaired) electrons. The molecule has 0 fully saturated rings. The summed E-state index contributed by atoms with van der Waals surface area (Å²) in [6.07, 6.45) is 0.786. The zero-order valence-electron chi connectivity index (χ0n) is 11.7. The molecule has 0 aliphatic rings. The molecule has 1 unspecified atom stereocenters. The van der Waals surface area contributed by atoms with Gasteiger partial charge in [-0.05, 0) is 31.5 Å². The molecule has 6 heteroatoms. The molecule has 1 atom stereocenters. The van der Waals surface area contributed by atoms with E-state index in [1.165, 1.54) is 11.8 Å². The van der Waals surface area contributed by atoms with Gasteiger partial charge in [-0.2, -0.15) is 0 Å². The van der Waals surface area contributed by atoms with E-state index in [0.29, 0.717) is 15.7 Å². The highest BCUT2D eigenvalue weighted by molar-refractivity contribution is 6.36. The number of hydrogen-bond acceptors (Lipinski definition) is 2. The summed E-state index contributed by atoms with van der Waals surface area (Å²) < 4.78 is 0. The van der Waals surface area contributed by atoms with E-state index >= 15 is 0 Å². The summed E-state index contributed by atoms with van der Waals surface area (Å²) in [4.78, 5) is 25.1. The summed E-state index contributed by atoms with van der Waals surface area (Å²) >= 11 is 11.8. The second-order valence-corrected chi connectivity index (χ2v) is 5.42. The van der Waals surface area contributed by atoms with Crippen molar-refractivity contribution in [2.75, 3.05) is 11.9 Å². The minimum absolute atomic E-state index is 0.00327. The fourth-order valence-electron chi connectivity index (χ4n) is 1.73. The third-order valence-corrected chi connectivity index (χ3v) is 3.59.